The molecule has 0 amide bonds. The van der Waals surface area contributed by atoms with Gasteiger partial charge in [-0.25, -0.2) is 0 Å². The van der Waals surface area contributed by atoms with Crippen LogP contribution in [-0.2, 0) is 0 Å². The Bertz CT molecular complexity index is 261. The standard InChI is InChI=1S/C6H5NO3/c8-4-1-2-5-6(3-4)10-7-9-5/h1-3,7-8H. The molecule has 0 radical (unpaired) electrons. The van der Waals surface area contributed by atoms with E-state index in [9.17, 15) is 0 Å². The Hall–Kier alpha value is -1.42. The third kappa shape index (κ3) is 0.663. The zero-order valence-corrected chi connectivity index (χ0v) is 5.00. The topological polar surface area (TPSA) is 50.7 Å². The van der Waals surface area contributed by atoms with Gasteiger partial charge in [-0.05, 0) is 12.1 Å². The monoisotopic (exact) mass is 139 g/mol. The lowest BCUT2D eigenvalue weighted by Gasteiger charge is -1.91. The van der Waals surface area contributed by atoms with E-state index in [2.05, 4.69) is 5.64 Å². The summed E-state index contributed by atoms with van der Waals surface area (Å²) in [5.74, 6) is 1.24. The van der Waals surface area contributed by atoms with Gasteiger partial charge in [0, 0.05) is 11.7 Å². The van der Waals surface area contributed by atoms with Crippen molar-refractivity contribution in [3.05, 3.63) is 18.2 Å². The number of nitrogens with one attached hydrogen (secondary N) is 1. The van der Waals surface area contributed by atoms with Gasteiger partial charge in [0.25, 0.3) is 0 Å². The molecule has 0 atom stereocenters. The van der Waals surface area contributed by atoms with Crippen molar-refractivity contribution < 1.29 is 14.8 Å². The second kappa shape index (κ2) is 1.78. The smallest absolute Gasteiger partial charge is 0.199 e. The molecule has 0 aliphatic carbocycles. The lowest BCUT2D eigenvalue weighted by molar-refractivity contribution is 0.0259. The van der Waals surface area contributed by atoms with E-state index in [1.54, 1.807) is 6.07 Å². The molecule has 1 aliphatic rings. The molecule has 0 fully saturated rings. The quantitative estimate of drug-likeness (QED) is 0.552. The zero-order chi connectivity index (χ0) is 6.97. The molecule has 0 aromatic heterocycles. The van der Waals surface area contributed by atoms with Crippen LogP contribution in [0.3, 0.4) is 0 Å². The van der Waals surface area contributed by atoms with Gasteiger partial charge in [-0.2, -0.15) is 0 Å². The van der Waals surface area contributed by atoms with Crippen molar-refractivity contribution >= 4 is 0 Å². The Morgan fingerprint density at radius 2 is 2.00 bits per heavy atom. The van der Waals surface area contributed by atoms with Crippen molar-refractivity contribution in [2.45, 2.75) is 0 Å². The molecule has 0 bridgehead atoms. The normalized spacial score (nSPS) is 13.6. The molecule has 2 N–H and O–H groups in total. The van der Waals surface area contributed by atoms with Gasteiger partial charge in [-0.1, -0.05) is 0 Å². The first-order chi connectivity index (χ1) is 4.86. The minimum Gasteiger partial charge on any atom is -0.508 e. The highest BCUT2D eigenvalue weighted by Gasteiger charge is 2.12. The van der Waals surface area contributed by atoms with Gasteiger partial charge in [-0.15, -0.1) is 0 Å². The Balaban J connectivity index is 2.52. The fourth-order valence-corrected chi connectivity index (χ4v) is 0.771. The average molecular weight is 139 g/mol. The van der Waals surface area contributed by atoms with Crippen LogP contribution in [0.25, 0.3) is 0 Å². The van der Waals surface area contributed by atoms with E-state index in [4.69, 9.17) is 14.8 Å². The maximum absolute atomic E-state index is 8.93. The van der Waals surface area contributed by atoms with Gasteiger partial charge in [0.1, 0.15) is 5.75 Å². The number of fused-ring (bicyclic) bond motifs is 1. The summed E-state index contributed by atoms with van der Waals surface area (Å²) in [6.07, 6.45) is 0. The van der Waals surface area contributed by atoms with Crippen molar-refractivity contribution in [3.8, 4) is 17.2 Å². The van der Waals surface area contributed by atoms with Crippen molar-refractivity contribution in [3.63, 3.8) is 0 Å². The molecule has 1 heterocycles. The molecule has 0 saturated carbocycles. The molecule has 1 aromatic rings. The Labute approximate surface area is 56.9 Å². The number of phenols is 1. The van der Waals surface area contributed by atoms with Crippen LogP contribution in [0, 0.1) is 0 Å². The van der Waals surface area contributed by atoms with Gasteiger partial charge >= 0.3 is 0 Å². The third-order valence-corrected chi connectivity index (χ3v) is 1.23. The van der Waals surface area contributed by atoms with E-state index >= 15 is 0 Å². The van der Waals surface area contributed by atoms with E-state index in [1.807, 2.05) is 0 Å². The van der Waals surface area contributed by atoms with Crippen LogP contribution in [0.1, 0.15) is 0 Å². The van der Waals surface area contributed by atoms with Crippen LogP contribution in [0.4, 0.5) is 0 Å². The van der Waals surface area contributed by atoms with E-state index in [-0.39, 0.29) is 5.75 Å². The predicted molar refractivity (Wildman–Crippen MR) is 32.5 cm³/mol. The van der Waals surface area contributed by atoms with Crippen molar-refractivity contribution in [1.29, 1.82) is 0 Å². The van der Waals surface area contributed by atoms with Gasteiger partial charge in [0.15, 0.2) is 11.5 Å². The Morgan fingerprint density at radius 1 is 1.20 bits per heavy atom. The fourth-order valence-electron chi connectivity index (χ4n) is 0.771. The van der Waals surface area contributed by atoms with E-state index in [0.29, 0.717) is 11.5 Å². The summed E-state index contributed by atoms with van der Waals surface area (Å²) < 4.78 is 0. The number of aromatic hydroxyl groups is 1. The summed E-state index contributed by atoms with van der Waals surface area (Å²) in [4.78, 5) is 9.52. The lowest BCUT2D eigenvalue weighted by Crippen LogP contribution is -2.14. The maximum Gasteiger partial charge on any atom is 0.199 e. The molecule has 0 unspecified atom stereocenters. The van der Waals surface area contributed by atoms with Gasteiger partial charge in [0.2, 0.25) is 0 Å². The van der Waals surface area contributed by atoms with E-state index in [1.165, 1.54) is 12.1 Å². The second-order valence-corrected chi connectivity index (χ2v) is 1.92. The highest BCUT2D eigenvalue weighted by atomic mass is 16.9. The van der Waals surface area contributed by atoms with E-state index in [0.717, 1.165) is 0 Å². The molecule has 52 valence electrons. The first-order valence-electron chi connectivity index (χ1n) is 2.78. The molecular formula is C6H5NO3. The maximum atomic E-state index is 8.93. The Kier molecular flexibility index (Phi) is 0.956. The zero-order valence-electron chi connectivity index (χ0n) is 5.00. The minimum atomic E-state index is 0.158. The van der Waals surface area contributed by atoms with Crippen LogP contribution in [0.15, 0.2) is 18.2 Å². The summed E-state index contributed by atoms with van der Waals surface area (Å²) in [6.45, 7) is 0. The van der Waals surface area contributed by atoms with Crippen molar-refractivity contribution in [1.82, 2.24) is 5.64 Å². The van der Waals surface area contributed by atoms with Crippen LogP contribution in [0.2, 0.25) is 0 Å². The van der Waals surface area contributed by atoms with Crippen molar-refractivity contribution in [2.75, 3.05) is 0 Å². The molecule has 4 heteroatoms. The first kappa shape index (κ1) is 5.37. The second-order valence-electron chi connectivity index (χ2n) is 1.92. The Morgan fingerprint density at radius 3 is 2.90 bits per heavy atom. The number of hydrogen-bond acceptors (Lipinski definition) is 4. The molecule has 2 rings (SSSR count). The summed E-state index contributed by atoms with van der Waals surface area (Å²) in [7, 11) is 0. The molecule has 0 saturated heterocycles. The number of benzene rings is 1. The van der Waals surface area contributed by atoms with Crippen molar-refractivity contribution in [2.24, 2.45) is 0 Å². The van der Waals surface area contributed by atoms with Crippen LogP contribution in [-0.4, -0.2) is 5.11 Å². The highest BCUT2D eigenvalue weighted by Crippen LogP contribution is 2.32. The number of rotatable bonds is 0. The molecular weight excluding hydrogens is 134 g/mol. The molecule has 0 spiro atoms. The van der Waals surface area contributed by atoms with E-state index < -0.39 is 0 Å². The summed E-state index contributed by atoms with van der Waals surface area (Å²) in [5, 5.41) is 8.93. The number of hydrogen-bond donors (Lipinski definition) is 2. The largest absolute Gasteiger partial charge is 0.508 e. The predicted octanol–water partition coefficient (Wildman–Crippen LogP) is 0.583. The highest BCUT2D eigenvalue weighted by molar-refractivity contribution is 5.45. The SMILES string of the molecule is Oc1ccc2c(c1)ONO2. The number of phenolic OH excluding ortho intramolecular Hbond substituents is 1. The first-order valence-corrected chi connectivity index (χ1v) is 2.78. The van der Waals surface area contributed by atoms with Gasteiger partial charge in [-0.3, -0.25) is 0 Å². The van der Waals surface area contributed by atoms with Crippen LogP contribution in [0.5, 0.6) is 17.2 Å². The molecule has 10 heavy (non-hydrogen) atoms. The molecule has 1 aromatic carbocycles. The average Bonchev–Trinajstić information content (AvgIpc) is 2.33. The summed E-state index contributed by atoms with van der Waals surface area (Å²) in [5.41, 5.74) is 2.20. The third-order valence-electron chi connectivity index (χ3n) is 1.23. The minimum absolute atomic E-state index is 0.158. The van der Waals surface area contributed by atoms with Crippen LogP contribution >= 0.6 is 0 Å². The van der Waals surface area contributed by atoms with Crippen LogP contribution < -0.4 is 15.3 Å². The van der Waals surface area contributed by atoms with Gasteiger partial charge < -0.3 is 14.8 Å². The van der Waals surface area contributed by atoms with Gasteiger partial charge in [0.05, 0.1) is 0 Å². The molecule has 1 aliphatic heterocycles. The lowest BCUT2D eigenvalue weighted by atomic mass is 10.3. The fraction of sp³-hybridized carbons (Fsp3) is 0. The molecule has 4 nitrogen and oxygen atoms in total. The summed E-state index contributed by atoms with van der Waals surface area (Å²) in [6, 6.07) is 4.61. The summed E-state index contributed by atoms with van der Waals surface area (Å²) >= 11 is 0.